The second kappa shape index (κ2) is 11.0. The monoisotopic (exact) mass is 478 g/mol. The second-order valence-electron chi connectivity index (χ2n) is 10.6. The van der Waals surface area contributed by atoms with Crippen LogP contribution >= 0.6 is 0 Å². The van der Waals surface area contributed by atoms with Crippen LogP contribution in [0.1, 0.15) is 79.8 Å². The lowest BCUT2D eigenvalue weighted by atomic mass is 9.97. The zero-order chi connectivity index (χ0) is 24.2. The average Bonchev–Trinajstić information content (AvgIpc) is 3.60. The maximum Gasteiger partial charge on any atom is 0.325 e. The summed E-state index contributed by atoms with van der Waals surface area (Å²) >= 11 is 0. The van der Waals surface area contributed by atoms with Gasteiger partial charge in [0.2, 0.25) is 0 Å². The summed E-state index contributed by atoms with van der Waals surface area (Å²) in [5, 5.41) is 13.5. The number of pyridine rings is 2. The van der Waals surface area contributed by atoms with E-state index in [1.54, 1.807) is 12.4 Å². The summed E-state index contributed by atoms with van der Waals surface area (Å²) in [5.74, 6) is 1.46. The Morgan fingerprint density at radius 2 is 2.11 bits per heavy atom. The Morgan fingerprint density at radius 3 is 2.94 bits per heavy atom. The predicted molar refractivity (Wildman–Crippen MR) is 136 cm³/mol. The first kappa shape index (κ1) is 24.2. The molecule has 7 heteroatoms. The fourth-order valence-electron chi connectivity index (χ4n) is 5.56. The van der Waals surface area contributed by atoms with E-state index in [1.807, 2.05) is 6.07 Å². The Bertz CT molecular complexity index is 1030. The molecule has 5 rings (SSSR count). The van der Waals surface area contributed by atoms with Crippen LogP contribution in [0.15, 0.2) is 30.6 Å². The van der Waals surface area contributed by atoms with Crippen LogP contribution in [0.2, 0.25) is 0 Å². The smallest absolute Gasteiger partial charge is 0.325 e. The van der Waals surface area contributed by atoms with E-state index < -0.39 is 12.0 Å². The van der Waals surface area contributed by atoms with E-state index in [4.69, 9.17) is 9.72 Å². The summed E-state index contributed by atoms with van der Waals surface area (Å²) in [6, 6.07) is 5.79. The molecule has 2 fully saturated rings. The minimum absolute atomic E-state index is 0.105. The summed E-state index contributed by atoms with van der Waals surface area (Å²) in [6.45, 7) is 5.42. The largest absolute Gasteiger partial charge is 0.480 e. The SMILES string of the molecule is CC1CNc2nc(CCCCCO[C@@H]3CCN(C(C(=O)O)c4cnccc4C4CC4)C3)ccc2C1. The third kappa shape index (κ3) is 6.01. The van der Waals surface area contributed by atoms with Crippen LogP contribution in [0.25, 0.3) is 0 Å². The molecule has 2 aromatic rings. The molecule has 2 aliphatic heterocycles. The summed E-state index contributed by atoms with van der Waals surface area (Å²) in [4.78, 5) is 23.3. The van der Waals surface area contributed by atoms with Crippen LogP contribution < -0.4 is 5.32 Å². The number of carbonyl (C=O) groups is 1. The van der Waals surface area contributed by atoms with Gasteiger partial charge in [-0.1, -0.05) is 19.4 Å². The van der Waals surface area contributed by atoms with E-state index in [1.165, 1.54) is 11.3 Å². The molecule has 1 saturated heterocycles. The third-order valence-corrected chi connectivity index (χ3v) is 7.63. The van der Waals surface area contributed by atoms with Gasteiger partial charge in [-0.3, -0.25) is 14.7 Å². The third-order valence-electron chi connectivity index (χ3n) is 7.63. The number of hydrogen-bond donors (Lipinski definition) is 2. The first-order chi connectivity index (χ1) is 17.1. The molecule has 0 amide bonds. The van der Waals surface area contributed by atoms with E-state index in [9.17, 15) is 9.90 Å². The molecule has 0 radical (unpaired) electrons. The minimum Gasteiger partial charge on any atom is -0.480 e. The molecule has 2 unspecified atom stereocenters. The molecule has 2 aromatic heterocycles. The average molecular weight is 479 g/mol. The number of aromatic nitrogens is 2. The van der Waals surface area contributed by atoms with Gasteiger partial charge in [-0.25, -0.2) is 4.98 Å². The number of carboxylic acid groups (broad SMARTS) is 1. The van der Waals surface area contributed by atoms with E-state index in [0.717, 1.165) is 88.0 Å². The van der Waals surface area contributed by atoms with Crippen LogP contribution in [0.4, 0.5) is 5.82 Å². The van der Waals surface area contributed by atoms with Gasteiger partial charge in [0, 0.05) is 49.9 Å². The molecule has 35 heavy (non-hydrogen) atoms. The highest BCUT2D eigenvalue weighted by Crippen LogP contribution is 2.44. The van der Waals surface area contributed by atoms with Gasteiger partial charge in [0.25, 0.3) is 0 Å². The van der Waals surface area contributed by atoms with Gasteiger partial charge >= 0.3 is 5.97 Å². The second-order valence-corrected chi connectivity index (χ2v) is 10.6. The summed E-state index contributed by atoms with van der Waals surface area (Å²) in [6.07, 6.45) is 12.2. The van der Waals surface area contributed by atoms with Gasteiger partial charge in [-0.15, -0.1) is 0 Å². The molecule has 3 atom stereocenters. The van der Waals surface area contributed by atoms with Crippen LogP contribution in [0.5, 0.6) is 0 Å². The van der Waals surface area contributed by atoms with E-state index in [-0.39, 0.29) is 6.10 Å². The standard InChI is InChI=1S/C28H38N4O3/c1-19-15-21-8-9-22(31-27(21)30-16-19)5-3-2-4-14-35-23-11-13-32(18-23)26(28(33)34)25-17-29-12-10-24(25)20-6-7-20/h8-10,12,17,19-20,23,26H,2-7,11,13-16,18H2,1H3,(H,30,31)(H,33,34)/t19?,23-,26?/m1/s1. The van der Waals surface area contributed by atoms with Crippen molar-refractivity contribution >= 4 is 11.8 Å². The fourth-order valence-corrected chi connectivity index (χ4v) is 5.56. The fraction of sp³-hybridized carbons (Fsp3) is 0.607. The summed E-state index contributed by atoms with van der Waals surface area (Å²) in [7, 11) is 0. The predicted octanol–water partition coefficient (Wildman–Crippen LogP) is 4.59. The van der Waals surface area contributed by atoms with Crippen molar-refractivity contribution in [2.75, 3.05) is 31.6 Å². The molecule has 2 N–H and O–H groups in total. The zero-order valence-electron chi connectivity index (χ0n) is 20.8. The van der Waals surface area contributed by atoms with Crippen LogP contribution in [0.3, 0.4) is 0 Å². The maximum absolute atomic E-state index is 12.2. The summed E-state index contributed by atoms with van der Waals surface area (Å²) in [5.41, 5.74) is 4.53. The molecule has 0 aromatic carbocycles. The number of likely N-dealkylation sites (tertiary alicyclic amines) is 1. The van der Waals surface area contributed by atoms with E-state index in [2.05, 4.69) is 34.3 Å². The Kier molecular flexibility index (Phi) is 7.63. The topological polar surface area (TPSA) is 87.6 Å². The Morgan fingerprint density at radius 1 is 1.23 bits per heavy atom. The highest BCUT2D eigenvalue weighted by molar-refractivity contribution is 5.76. The van der Waals surface area contributed by atoms with E-state index in [0.29, 0.717) is 18.4 Å². The van der Waals surface area contributed by atoms with Crippen LogP contribution in [-0.4, -0.2) is 58.3 Å². The molecule has 1 aliphatic carbocycles. The molecule has 7 nitrogen and oxygen atoms in total. The Hall–Kier alpha value is -2.51. The van der Waals surface area contributed by atoms with Crippen molar-refractivity contribution in [2.45, 2.75) is 76.4 Å². The molecule has 0 bridgehead atoms. The Balaban J connectivity index is 1.04. The normalized spacial score (nSPS) is 23.0. The van der Waals surface area contributed by atoms with Crippen LogP contribution in [0, 0.1) is 5.92 Å². The molecule has 0 spiro atoms. The van der Waals surface area contributed by atoms with Gasteiger partial charge in [-0.2, -0.15) is 0 Å². The number of carboxylic acids is 1. The van der Waals surface area contributed by atoms with Crippen molar-refractivity contribution in [2.24, 2.45) is 5.92 Å². The van der Waals surface area contributed by atoms with Crippen molar-refractivity contribution < 1.29 is 14.6 Å². The van der Waals surface area contributed by atoms with Crippen molar-refractivity contribution in [1.29, 1.82) is 0 Å². The number of ether oxygens (including phenoxy) is 1. The number of hydrogen-bond acceptors (Lipinski definition) is 6. The molecule has 188 valence electrons. The molecule has 1 saturated carbocycles. The zero-order valence-corrected chi connectivity index (χ0v) is 20.8. The van der Waals surface area contributed by atoms with Crippen molar-refractivity contribution in [3.8, 4) is 0 Å². The number of nitrogens with one attached hydrogen (secondary N) is 1. The van der Waals surface area contributed by atoms with Crippen molar-refractivity contribution in [1.82, 2.24) is 14.9 Å². The number of rotatable bonds is 11. The highest BCUT2D eigenvalue weighted by Gasteiger charge is 2.37. The molecular formula is C28H38N4O3. The molecule has 3 aliphatic rings. The van der Waals surface area contributed by atoms with Gasteiger partial charge in [0.1, 0.15) is 11.9 Å². The maximum atomic E-state index is 12.2. The van der Waals surface area contributed by atoms with Crippen molar-refractivity contribution in [3.05, 3.63) is 53.0 Å². The lowest BCUT2D eigenvalue weighted by Gasteiger charge is -2.26. The number of nitrogens with zero attached hydrogens (tertiary/aromatic N) is 3. The van der Waals surface area contributed by atoms with Gasteiger partial charge in [0.05, 0.1) is 6.10 Å². The highest BCUT2D eigenvalue weighted by atomic mass is 16.5. The van der Waals surface area contributed by atoms with Crippen LogP contribution in [-0.2, 0) is 22.4 Å². The number of fused-ring (bicyclic) bond motifs is 1. The van der Waals surface area contributed by atoms with Gasteiger partial charge in [0.15, 0.2) is 0 Å². The lowest BCUT2D eigenvalue weighted by molar-refractivity contribution is -0.143. The summed E-state index contributed by atoms with van der Waals surface area (Å²) < 4.78 is 6.15. The number of aryl methyl sites for hydroxylation is 1. The molecule has 4 heterocycles. The Labute approximate surface area is 208 Å². The number of anilines is 1. The molecular weight excluding hydrogens is 440 g/mol. The minimum atomic E-state index is -0.791. The van der Waals surface area contributed by atoms with Gasteiger partial charge in [-0.05, 0) is 80.0 Å². The van der Waals surface area contributed by atoms with E-state index >= 15 is 0 Å². The quantitative estimate of drug-likeness (QED) is 0.457. The first-order valence-corrected chi connectivity index (χ1v) is 13.3. The van der Waals surface area contributed by atoms with Crippen molar-refractivity contribution in [3.63, 3.8) is 0 Å². The van der Waals surface area contributed by atoms with Gasteiger partial charge < -0.3 is 15.2 Å². The number of aliphatic carboxylic acids is 1. The number of unbranched alkanes of at least 4 members (excludes halogenated alkanes) is 2. The first-order valence-electron chi connectivity index (χ1n) is 13.3. The lowest BCUT2D eigenvalue weighted by Crippen LogP contribution is -2.34.